The maximum absolute atomic E-state index is 12.6. The van der Waals surface area contributed by atoms with Crippen LogP contribution in [0.25, 0.3) is 0 Å². The normalized spacial score (nSPS) is 13.8. The highest BCUT2D eigenvalue weighted by Crippen LogP contribution is 2.43. The first-order valence-corrected chi connectivity index (χ1v) is 24.5. The second-order valence-electron chi connectivity index (χ2n) is 15.8. The molecule has 0 amide bonds. The summed E-state index contributed by atoms with van der Waals surface area (Å²) in [6, 6.07) is 0. The molecule has 0 fully saturated rings. The van der Waals surface area contributed by atoms with Crippen LogP contribution in [0.4, 0.5) is 0 Å². The quantitative estimate of drug-likeness (QED) is 0.0308. The minimum atomic E-state index is -4.61. The summed E-state index contributed by atoms with van der Waals surface area (Å²) < 4.78 is 32.7. The van der Waals surface area contributed by atoms with E-state index in [4.69, 9.17) is 23.6 Å². The monoisotopic (exact) mass is 807 g/mol. The molecule has 3 atom stereocenters. The van der Waals surface area contributed by atoms with Crippen molar-refractivity contribution in [3.63, 3.8) is 0 Å². The van der Waals surface area contributed by atoms with E-state index in [2.05, 4.69) is 13.8 Å². The molecule has 55 heavy (non-hydrogen) atoms. The fourth-order valence-corrected chi connectivity index (χ4v) is 7.49. The smallest absolute Gasteiger partial charge is 0.462 e. The Labute approximate surface area is 337 Å². The van der Waals surface area contributed by atoms with E-state index in [0.717, 1.165) is 32.1 Å². The molecule has 10 nitrogen and oxygen atoms in total. The second kappa shape index (κ2) is 41.1. The minimum absolute atomic E-state index is 0.192. The van der Waals surface area contributed by atoms with E-state index in [-0.39, 0.29) is 19.4 Å². The van der Waals surface area contributed by atoms with Gasteiger partial charge in [0.05, 0.1) is 19.8 Å². The number of aliphatic hydroxyl groups excluding tert-OH is 2. The average molecular weight is 807 g/mol. The topological polar surface area (TPSA) is 149 Å². The molecule has 0 aliphatic rings. The van der Waals surface area contributed by atoms with Crippen molar-refractivity contribution in [1.82, 2.24) is 0 Å². The summed E-state index contributed by atoms with van der Waals surface area (Å²) in [5.41, 5.74) is 0. The molecule has 0 saturated carbocycles. The number of unbranched alkanes of at least 4 members (excludes halogenated alkanes) is 30. The number of aliphatic hydroxyl groups is 2. The van der Waals surface area contributed by atoms with Crippen LogP contribution in [-0.4, -0.2) is 65.7 Å². The van der Waals surface area contributed by atoms with Gasteiger partial charge in [0.25, 0.3) is 0 Å². The van der Waals surface area contributed by atoms with Crippen LogP contribution in [0.2, 0.25) is 0 Å². The van der Waals surface area contributed by atoms with Gasteiger partial charge in [0.2, 0.25) is 0 Å². The van der Waals surface area contributed by atoms with Crippen LogP contribution in [0.15, 0.2) is 0 Å². The van der Waals surface area contributed by atoms with E-state index in [1.54, 1.807) is 0 Å². The molecule has 0 radical (unpaired) electrons. The van der Waals surface area contributed by atoms with Gasteiger partial charge in [0.1, 0.15) is 12.7 Å². The van der Waals surface area contributed by atoms with Gasteiger partial charge in [0.15, 0.2) is 6.10 Å². The Bertz CT molecular complexity index is 889. The van der Waals surface area contributed by atoms with Gasteiger partial charge in [0, 0.05) is 12.8 Å². The zero-order valence-corrected chi connectivity index (χ0v) is 36.6. The number of rotatable bonds is 44. The molecule has 11 heteroatoms. The van der Waals surface area contributed by atoms with Crippen molar-refractivity contribution < 1.29 is 47.8 Å². The van der Waals surface area contributed by atoms with Crippen LogP contribution in [0.5, 0.6) is 0 Å². The Morgan fingerprint density at radius 3 is 1.13 bits per heavy atom. The van der Waals surface area contributed by atoms with Gasteiger partial charge in [-0.05, 0) is 12.8 Å². The number of carbonyl (C=O) groups is 2. The van der Waals surface area contributed by atoms with E-state index in [1.807, 2.05) is 0 Å². The summed E-state index contributed by atoms with van der Waals surface area (Å²) in [6.45, 7) is 2.42. The van der Waals surface area contributed by atoms with E-state index >= 15 is 0 Å². The third kappa shape index (κ3) is 40.9. The van der Waals surface area contributed by atoms with E-state index < -0.39 is 51.8 Å². The van der Waals surface area contributed by atoms with Crippen LogP contribution >= 0.6 is 7.82 Å². The summed E-state index contributed by atoms with van der Waals surface area (Å²) in [5, 5.41) is 18.3. The van der Waals surface area contributed by atoms with Gasteiger partial charge < -0.3 is 24.6 Å². The van der Waals surface area contributed by atoms with Crippen molar-refractivity contribution in [2.24, 2.45) is 0 Å². The molecular formula is C44H87O10P. The highest BCUT2D eigenvalue weighted by molar-refractivity contribution is 7.47. The Morgan fingerprint density at radius 1 is 0.473 bits per heavy atom. The zero-order valence-electron chi connectivity index (χ0n) is 35.7. The number of phosphoric ester groups is 1. The van der Waals surface area contributed by atoms with Gasteiger partial charge >= 0.3 is 19.8 Å². The maximum Gasteiger partial charge on any atom is 0.472 e. The van der Waals surface area contributed by atoms with Crippen molar-refractivity contribution in [1.29, 1.82) is 0 Å². The van der Waals surface area contributed by atoms with Gasteiger partial charge in [-0.3, -0.25) is 18.6 Å². The first-order valence-electron chi connectivity index (χ1n) is 23.0. The summed E-state index contributed by atoms with van der Waals surface area (Å²) >= 11 is 0. The summed E-state index contributed by atoms with van der Waals surface area (Å²) in [7, 11) is -4.61. The molecule has 0 aliphatic carbocycles. The van der Waals surface area contributed by atoms with Crippen molar-refractivity contribution in [2.45, 2.75) is 244 Å². The predicted molar refractivity (Wildman–Crippen MR) is 224 cm³/mol. The summed E-state index contributed by atoms with van der Waals surface area (Å²) in [6.07, 6.45) is 37.9. The van der Waals surface area contributed by atoms with Crippen LogP contribution in [0.3, 0.4) is 0 Å². The molecule has 0 aliphatic heterocycles. The maximum atomic E-state index is 12.6. The third-order valence-corrected chi connectivity index (χ3v) is 11.2. The van der Waals surface area contributed by atoms with Crippen molar-refractivity contribution in [3.8, 4) is 0 Å². The van der Waals surface area contributed by atoms with Gasteiger partial charge in [-0.15, -0.1) is 0 Å². The Kier molecular flexibility index (Phi) is 40.4. The molecule has 328 valence electrons. The standard InChI is InChI=1S/C44H87O10P/c1-3-5-7-9-11-13-15-17-18-19-20-21-22-23-24-26-27-29-31-33-35-43(47)51-39-42(40-53-55(49,50)52-38-41(46)37-45)54-44(48)36-34-32-30-28-25-16-14-12-10-8-6-4-2/h41-42,45-46H,3-40H2,1-2H3,(H,49,50)/t41-,42-/m1/s1. The lowest BCUT2D eigenvalue weighted by Gasteiger charge is -2.20. The number of hydrogen-bond acceptors (Lipinski definition) is 9. The van der Waals surface area contributed by atoms with Crippen molar-refractivity contribution in [3.05, 3.63) is 0 Å². The minimum Gasteiger partial charge on any atom is -0.462 e. The fourth-order valence-electron chi connectivity index (χ4n) is 6.70. The molecule has 0 aromatic carbocycles. The molecule has 0 saturated heterocycles. The molecule has 0 aromatic heterocycles. The van der Waals surface area contributed by atoms with Crippen LogP contribution in [0.1, 0.15) is 232 Å². The summed E-state index contributed by atoms with van der Waals surface area (Å²) in [4.78, 5) is 35.0. The lowest BCUT2D eigenvalue weighted by molar-refractivity contribution is -0.161. The van der Waals surface area contributed by atoms with Crippen LogP contribution < -0.4 is 0 Å². The molecule has 0 bridgehead atoms. The number of carbonyl (C=O) groups excluding carboxylic acids is 2. The SMILES string of the molecule is CCCCCCCCCCCCCCCCCCCCCCC(=O)OC[C@H](COP(=O)(O)OC[C@H](O)CO)OC(=O)CCCCCCCCCCCCCC. The van der Waals surface area contributed by atoms with Gasteiger partial charge in [-0.25, -0.2) is 4.57 Å². The van der Waals surface area contributed by atoms with E-state index in [9.17, 15) is 24.2 Å². The number of esters is 2. The number of hydrogen-bond donors (Lipinski definition) is 3. The number of phosphoric acid groups is 1. The first kappa shape index (κ1) is 54.0. The van der Waals surface area contributed by atoms with Crippen molar-refractivity contribution in [2.75, 3.05) is 26.4 Å². The first-order chi connectivity index (χ1) is 26.7. The highest BCUT2D eigenvalue weighted by atomic mass is 31.2. The average Bonchev–Trinajstić information content (AvgIpc) is 3.17. The lowest BCUT2D eigenvalue weighted by Crippen LogP contribution is -2.29. The summed E-state index contributed by atoms with van der Waals surface area (Å²) in [5.74, 6) is -0.908. The van der Waals surface area contributed by atoms with Gasteiger partial charge in [-0.1, -0.05) is 206 Å². The molecule has 3 N–H and O–H groups in total. The second-order valence-corrected chi connectivity index (χ2v) is 17.3. The lowest BCUT2D eigenvalue weighted by atomic mass is 10.0. The van der Waals surface area contributed by atoms with E-state index in [1.165, 1.54) is 161 Å². The Hall–Kier alpha value is -1.03. The molecule has 0 spiro atoms. The molecular weight excluding hydrogens is 719 g/mol. The zero-order chi connectivity index (χ0) is 40.5. The van der Waals surface area contributed by atoms with Crippen LogP contribution in [-0.2, 0) is 32.7 Å². The Balaban J connectivity index is 4.14. The van der Waals surface area contributed by atoms with Crippen molar-refractivity contribution >= 4 is 19.8 Å². The largest absolute Gasteiger partial charge is 0.472 e. The Morgan fingerprint density at radius 2 is 0.782 bits per heavy atom. The third-order valence-electron chi connectivity index (χ3n) is 10.3. The molecule has 1 unspecified atom stereocenters. The number of ether oxygens (including phenoxy) is 2. The highest BCUT2D eigenvalue weighted by Gasteiger charge is 2.27. The predicted octanol–water partition coefficient (Wildman–Crippen LogP) is 12.2. The van der Waals surface area contributed by atoms with Gasteiger partial charge in [-0.2, -0.15) is 0 Å². The molecule has 0 rings (SSSR count). The fraction of sp³-hybridized carbons (Fsp3) is 0.955. The molecule has 0 aromatic rings. The van der Waals surface area contributed by atoms with E-state index in [0.29, 0.717) is 12.8 Å². The van der Waals surface area contributed by atoms with Crippen LogP contribution in [0, 0.1) is 0 Å². The molecule has 0 heterocycles.